The van der Waals surface area contributed by atoms with Crippen molar-refractivity contribution >= 4 is 37.5 Å². The molecule has 0 bridgehead atoms. The normalized spacial score (nSPS) is 11.4. The molecular formula is C16H11FN4O3S. The van der Waals surface area contributed by atoms with Crippen LogP contribution < -0.4 is 5.56 Å². The Morgan fingerprint density at radius 2 is 2.12 bits per heavy atom. The average Bonchev–Trinajstić information content (AvgIpc) is 3.12. The molecule has 7 nitrogen and oxygen atoms in total. The van der Waals surface area contributed by atoms with Gasteiger partial charge in [0.2, 0.25) is 0 Å². The van der Waals surface area contributed by atoms with Gasteiger partial charge in [0.25, 0.3) is 5.56 Å². The second-order valence-corrected chi connectivity index (χ2v) is 6.61. The number of thiophene rings is 1. The summed E-state index contributed by atoms with van der Waals surface area (Å²) in [6.45, 7) is 0.0143. The first kappa shape index (κ1) is 15.5. The van der Waals surface area contributed by atoms with Crippen LogP contribution in [0.2, 0.25) is 0 Å². The van der Waals surface area contributed by atoms with E-state index in [1.54, 1.807) is 29.8 Å². The maximum absolute atomic E-state index is 13.8. The highest BCUT2D eigenvalue weighted by molar-refractivity contribution is 7.23. The minimum absolute atomic E-state index is 0.0121. The largest absolute Gasteiger partial charge is 0.338 e. The lowest BCUT2D eigenvalue weighted by molar-refractivity contribution is -0.380. The number of halogens is 1. The van der Waals surface area contributed by atoms with Crippen molar-refractivity contribution < 1.29 is 9.31 Å². The standard InChI is InChI=1S/C16H11FN4O3S/c1-19-12-6-13(21(23)24)25-15(12)10-7-18-20(16(22)14(10)19)8-9-4-2-3-5-11(9)17/h2-7H,8H2,1H3. The summed E-state index contributed by atoms with van der Waals surface area (Å²) < 4.78 is 17.3. The Hall–Kier alpha value is -3.07. The van der Waals surface area contributed by atoms with E-state index in [-0.39, 0.29) is 17.1 Å². The van der Waals surface area contributed by atoms with Crippen molar-refractivity contribution in [3.63, 3.8) is 0 Å². The minimum atomic E-state index is -0.455. The van der Waals surface area contributed by atoms with Crippen molar-refractivity contribution in [2.24, 2.45) is 7.05 Å². The lowest BCUT2D eigenvalue weighted by Crippen LogP contribution is -2.24. The molecule has 3 heterocycles. The average molecular weight is 358 g/mol. The molecule has 1 aromatic carbocycles. The van der Waals surface area contributed by atoms with E-state index >= 15 is 0 Å². The first-order valence-electron chi connectivity index (χ1n) is 7.33. The predicted octanol–water partition coefficient (Wildman–Crippen LogP) is 3.05. The number of benzene rings is 1. The Labute approximate surface area is 143 Å². The molecule has 3 aromatic heterocycles. The third kappa shape index (κ3) is 2.31. The van der Waals surface area contributed by atoms with Gasteiger partial charge in [0.15, 0.2) is 0 Å². The molecule has 0 spiro atoms. The summed E-state index contributed by atoms with van der Waals surface area (Å²) >= 11 is 1.01. The van der Waals surface area contributed by atoms with Crippen molar-refractivity contribution in [3.8, 4) is 0 Å². The van der Waals surface area contributed by atoms with Crippen LogP contribution in [0.1, 0.15) is 5.56 Å². The predicted molar refractivity (Wildman–Crippen MR) is 92.5 cm³/mol. The first-order chi connectivity index (χ1) is 12.0. The topological polar surface area (TPSA) is 83.0 Å². The number of aryl methyl sites for hydroxylation is 1. The number of aromatic nitrogens is 3. The zero-order chi connectivity index (χ0) is 17.7. The summed E-state index contributed by atoms with van der Waals surface area (Å²) in [5, 5.41) is 15.7. The first-order valence-corrected chi connectivity index (χ1v) is 8.15. The van der Waals surface area contributed by atoms with Crippen molar-refractivity contribution in [1.29, 1.82) is 0 Å². The second kappa shape index (κ2) is 5.49. The molecule has 0 aliphatic carbocycles. The van der Waals surface area contributed by atoms with Crippen LogP contribution in [0, 0.1) is 15.9 Å². The van der Waals surface area contributed by atoms with Crippen molar-refractivity contribution in [3.05, 3.63) is 68.4 Å². The van der Waals surface area contributed by atoms with Gasteiger partial charge in [0.05, 0.1) is 33.9 Å². The molecule has 0 fully saturated rings. The lowest BCUT2D eigenvalue weighted by atomic mass is 10.2. The van der Waals surface area contributed by atoms with Crippen molar-refractivity contribution in [2.45, 2.75) is 6.54 Å². The van der Waals surface area contributed by atoms with E-state index in [9.17, 15) is 19.3 Å². The van der Waals surface area contributed by atoms with Crippen molar-refractivity contribution in [1.82, 2.24) is 14.3 Å². The van der Waals surface area contributed by atoms with E-state index in [0.29, 0.717) is 26.7 Å². The van der Waals surface area contributed by atoms with Crippen LogP contribution in [0.5, 0.6) is 0 Å². The van der Waals surface area contributed by atoms with Gasteiger partial charge in [0.1, 0.15) is 11.3 Å². The fourth-order valence-electron chi connectivity index (χ4n) is 2.89. The summed E-state index contributed by atoms with van der Waals surface area (Å²) in [7, 11) is 1.68. The fourth-order valence-corrected chi connectivity index (χ4v) is 3.90. The number of rotatable bonds is 3. The highest BCUT2D eigenvalue weighted by Crippen LogP contribution is 2.36. The van der Waals surface area contributed by atoms with Gasteiger partial charge in [-0.1, -0.05) is 29.5 Å². The molecule has 25 heavy (non-hydrogen) atoms. The van der Waals surface area contributed by atoms with E-state index in [0.717, 1.165) is 11.3 Å². The third-order valence-corrected chi connectivity index (χ3v) is 5.23. The number of nitrogens with zero attached hydrogens (tertiary/aromatic N) is 4. The second-order valence-electron chi connectivity index (χ2n) is 5.58. The van der Waals surface area contributed by atoms with E-state index in [4.69, 9.17) is 0 Å². The van der Waals surface area contributed by atoms with Gasteiger partial charge in [-0.2, -0.15) is 5.10 Å². The van der Waals surface area contributed by atoms with Crippen LogP contribution >= 0.6 is 11.3 Å². The zero-order valence-electron chi connectivity index (χ0n) is 13.0. The van der Waals surface area contributed by atoms with Gasteiger partial charge in [0, 0.05) is 18.0 Å². The molecule has 0 aliphatic rings. The van der Waals surface area contributed by atoms with Crippen molar-refractivity contribution in [2.75, 3.05) is 0 Å². The van der Waals surface area contributed by atoms with Gasteiger partial charge >= 0.3 is 5.00 Å². The number of hydrogen-bond acceptors (Lipinski definition) is 5. The Morgan fingerprint density at radius 1 is 1.36 bits per heavy atom. The van der Waals surface area contributed by atoms with Gasteiger partial charge in [-0.15, -0.1) is 0 Å². The molecule has 9 heteroatoms. The highest BCUT2D eigenvalue weighted by atomic mass is 32.1. The van der Waals surface area contributed by atoms with Gasteiger partial charge < -0.3 is 4.57 Å². The van der Waals surface area contributed by atoms with Crippen LogP contribution in [-0.4, -0.2) is 19.3 Å². The molecule has 0 radical (unpaired) electrons. The monoisotopic (exact) mass is 358 g/mol. The molecule has 0 saturated carbocycles. The van der Waals surface area contributed by atoms with Crippen LogP contribution in [0.3, 0.4) is 0 Å². The van der Waals surface area contributed by atoms with Gasteiger partial charge in [-0.05, 0) is 6.07 Å². The van der Waals surface area contributed by atoms with Gasteiger partial charge in [-0.3, -0.25) is 14.9 Å². The zero-order valence-corrected chi connectivity index (χ0v) is 13.8. The highest BCUT2D eigenvalue weighted by Gasteiger charge is 2.20. The van der Waals surface area contributed by atoms with Crippen LogP contribution in [-0.2, 0) is 13.6 Å². The molecule has 126 valence electrons. The third-order valence-electron chi connectivity index (χ3n) is 4.12. The Kier molecular flexibility index (Phi) is 3.39. The summed E-state index contributed by atoms with van der Waals surface area (Å²) in [4.78, 5) is 23.3. The summed E-state index contributed by atoms with van der Waals surface area (Å²) in [5.74, 6) is -0.403. The number of nitro groups is 1. The summed E-state index contributed by atoms with van der Waals surface area (Å²) in [6, 6.07) is 7.65. The molecule has 4 rings (SSSR count). The Balaban J connectivity index is 1.91. The van der Waals surface area contributed by atoms with Crippen LogP contribution in [0.4, 0.5) is 9.39 Å². The Bertz CT molecular complexity index is 1210. The minimum Gasteiger partial charge on any atom is -0.338 e. The molecule has 0 unspecified atom stereocenters. The SMILES string of the molecule is Cn1c2cc([N+](=O)[O-])sc2c2cnn(Cc3ccccc3F)c(=O)c21. The quantitative estimate of drug-likeness (QED) is 0.416. The molecule has 0 atom stereocenters. The molecule has 4 aromatic rings. The number of fused-ring (bicyclic) bond motifs is 3. The lowest BCUT2D eigenvalue weighted by Gasteiger charge is -2.06. The Morgan fingerprint density at radius 3 is 2.84 bits per heavy atom. The summed E-state index contributed by atoms with van der Waals surface area (Å²) in [6.07, 6.45) is 1.50. The summed E-state index contributed by atoms with van der Waals surface area (Å²) in [5.41, 5.74) is 0.995. The molecule has 0 saturated heterocycles. The maximum Gasteiger partial charge on any atom is 0.326 e. The maximum atomic E-state index is 13.8. The van der Waals surface area contributed by atoms with Gasteiger partial charge in [-0.25, -0.2) is 9.07 Å². The van der Waals surface area contributed by atoms with Crippen LogP contribution in [0.15, 0.2) is 41.3 Å². The molecule has 0 N–H and O–H groups in total. The van der Waals surface area contributed by atoms with E-state index in [1.165, 1.54) is 23.0 Å². The number of hydrogen-bond donors (Lipinski definition) is 0. The van der Waals surface area contributed by atoms with E-state index < -0.39 is 10.7 Å². The molecule has 0 amide bonds. The molecular weight excluding hydrogens is 347 g/mol. The van der Waals surface area contributed by atoms with E-state index in [2.05, 4.69) is 5.10 Å². The smallest absolute Gasteiger partial charge is 0.326 e. The molecule has 0 aliphatic heterocycles. The van der Waals surface area contributed by atoms with Crippen LogP contribution in [0.25, 0.3) is 21.1 Å². The van der Waals surface area contributed by atoms with E-state index in [1.807, 2.05) is 0 Å². The fraction of sp³-hybridized carbons (Fsp3) is 0.125.